The molecule has 0 bridgehead atoms. The van der Waals surface area contributed by atoms with Crippen LogP contribution in [0.2, 0.25) is 0 Å². The van der Waals surface area contributed by atoms with Crippen molar-refractivity contribution in [2.24, 2.45) is 5.73 Å². The molecule has 3 rings (SSSR count). The zero-order valence-corrected chi connectivity index (χ0v) is 15.3. The number of anilines is 1. The van der Waals surface area contributed by atoms with Gasteiger partial charge in [-0.25, -0.2) is 8.78 Å². The maximum atomic E-state index is 13.8. The Hall–Kier alpha value is -3.58. The van der Waals surface area contributed by atoms with Gasteiger partial charge in [-0.05, 0) is 70.8 Å². The maximum absolute atomic E-state index is 13.8. The van der Waals surface area contributed by atoms with Crippen LogP contribution >= 0.6 is 0 Å². The molecule has 3 aromatic rings. The molecule has 0 saturated carbocycles. The Bertz CT molecular complexity index is 1080. The lowest BCUT2D eigenvalue weighted by Gasteiger charge is -2.11. The Labute approximate surface area is 165 Å². The van der Waals surface area contributed by atoms with Gasteiger partial charge in [0, 0.05) is 17.8 Å². The Kier molecular flexibility index (Phi) is 5.99. The number of amides is 1. The summed E-state index contributed by atoms with van der Waals surface area (Å²) in [5.41, 5.74) is 8.06. The van der Waals surface area contributed by atoms with Gasteiger partial charge in [0.25, 0.3) is 5.91 Å². The number of carbonyl (C=O) groups excluding carboxylic acids is 1. The van der Waals surface area contributed by atoms with E-state index in [9.17, 15) is 18.4 Å². The molecule has 0 atom stereocenters. The van der Waals surface area contributed by atoms with Gasteiger partial charge in [-0.3, -0.25) is 9.59 Å². The molecule has 1 amide bonds. The lowest BCUT2D eigenvalue weighted by atomic mass is 10.0. The number of carboxylic acid groups (broad SMARTS) is 1. The van der Waals surface area contributed by atoms with Gasteiger partial charge in [0.1, 0.15) is 11.6 Å². The molecule has 29 heavy (non-hydrogen) atoms. The SMILES string of the molecule is NCc1cc(F)cc(-c2cccc(C(=O)Nc3ccc(F)cc3CC(=O)O)c2)c1. The number of nitrogens with one attached hydrogen (secondary N) is 1. The number of carbonyl (C=O) groups is 2. The Morgan fingerprint density at radius 3 is 2.45 bits per heavy atom. The summed E-state index contributed by atoms with van der Waals surface area (Å²) in [6, 6.07) is 14.5. The van der Waals surface area contributed by atoms with Crippen molar-refractivity contribution in [3.05, 3.63) is 89.0 Å². The van der Waals surface area contributed by atoms with Gasteiger partial charge >= 0.3 is 5.97 Å². The second-order valence-electron chi connectivity index (χ2n) is 6.46. The average Bonchev–Trinajstić information content (AvgIpc) is 2.69. The van der Waals surface area contributed by atoms with Gasteiger partial charge < -0.3 is 16.2 Å². The lowest BCUT2D eigenvalue weighted by molar-refractivity contribution is -0.136. The van der Waals surface area contributed by atoms with E-state index in [-0.39, 0.29) is 23.4 Å². The zero-order chi connectivity index (χ0) is 21.0. The predicted molar refractivity (Wildman–Crippen MR) is 105 cm³/mol. The van der Waals surface area contributed by atoms with Crippen molar-refractivity contribution in [2.45, 2.75) is 13.0 Å². The smallest absolute Gasteiger partial charge is 0.307 e. The predicted octanol–water partition coefficient (Wildman–Crippen LogP) is 3.97. The fraction of sp³-hybridized carbons (Fsp3) is 0.0909. The van der Waals surface area contributed by atoms with Crippen molar-refractivity contribution in [1.82, 2.24) is 0 Å². The number of benzene rings is 3. The summed E-state index contributed by atoms with van der Waals surface area (Å²) in [7, 11) is 0. The van der Waals surface area contributed by atoms with Gasteiger partial charge in [0.15, 0.2) is 0 Å². The number of nitrogens with two attached hydrogens (primary N) is 1. The summed E-state index contributed by atoms with van der Waals surface area (Å²) in [5.74, 6) is -2.67. The van der Waals surface area contributed by atoms with Crippen LogP contribution in [0.1, 0.15) is 21.5 Å². The molecule has 4 N–H and O–H groups in total. The molecule has 0 spiro atoms. The van der Waals surface area contributed by atoms with E-state index >= 15 is 0 Å². The topological polar surface area (TPSA) is 92.4 Å². The number of carboxylic acids is 1. The van der Waals surface area contributed by atoms with Crippen molar-refractivity contribution in [2.75, 3.05) is 5.32 Å². The van der Waals surface area contributed by atoms with Crippen LogP contribution in [0.3, 0.4) is 0 Å². The van der Waals surface area contributed by atoms with Crippen molar-refractivity contribution >= 4 is 17.6 Å². The van der Waals surface area contributed by atoms with Crippen LogP contribution in [0.5, 0.6) is 0 Å². The number of hydrogen-bond acceptors (Lipinski definition) is 3. The summed E-state index contributed by atoms with van der Waals surface area (Å²) in [4.78, 5) is 23.7. The van der Waals surface area contributed by atoms with Crippen LogP contribution in [-0.2, 0) is 17.8 Å². The monoisotopic (exact) mass is 396 g/mol. The van der Waals surface area contributed by atoms with E-state index in [2.05, 4.69) is 5.32 Å². The second-order valence-corrected chi connectivity index (χ2v) is 6.46. The third-order valence-corrected chi connectivity index (χ3v) is 4.31. The minimum atomic E-state index is -1.14. The normalized spacial score (nSPS) is 10.6. The Morgan fingerprint density at radius 2 is 1.72 bits per heavy atom. The highest BCUT2D eigenvalue weighted by Crippen LogP contribution is 2.24. The summed E-state index contributed by atoms with van der Waals surface area (Å²) in [5, 5.41) is 11.6. The second kappa shape index (κ2) is 8.62. The maximum Gasteiger partial charge on any atom is 0.307 e. The molecule has 0 aromatic heterocycles. The van der Waals surface area contributed by atoms with Gasteiger partial charge in [-0.2, -0.15) is 0 Å². The molecular formula is C22H18F2N2O3. The van der Waals surface area contributed by atoms with Crippen molar-refractivity contribution < 1.29 is 23.5 Å². The van der Waals surface area contributed by atoms with Gasteiger partial charge in [0.2, 0.25) is 0 Å². The highest BCUT2D eigenvalue weighted by atomic mass is 19.1. The molecule has 0 aliphatic carbocycles. The molecule has 148 valence electrons. The number of hydrogen-bond donors (Lipinski definition) is 3. The molecular weight excluding hydrogens is 378 g/mol. The number of rotatable bonds is 6. The van der Waals surface area contributed by atoms with E-state index in [0.29, 0.717) is 16.7 Å². The third kappa shape index (κ3) is 5.03. The molecule has 0 aliphatic rings. The van der Waals surface area contributed by atoms with Gasteiger partial charge in [-0.15, -0.1) is 0 Å². The van der Waals surface area contributed by atoms with E-state index in [1.54, 1.807) is 30.3 Å². The van der Waals surface area contributed by atoms with Crippen molar-refractivity contribution in [3.63, 3.8) is 0 Å². The lowest BCUT2D eigenvalue weighted by Crippen LogP contribution is -2.14. The summed E-state index contributed by atoms with van der Waals surface area (Å²) in [6.45, 7) is 0.182. The number of halogens is 2. The van der Waals surface area contributed by atoms with Crippen LogP contribution in [0.25, 0.3) is 11.1 Å². The summed E-state index contributed by atoms with van der Waals surface area (Å²) < 4.78 is 27.3. The molecule has 7 heteroatoms. The summed E-state index contributed by atoms with van der Waals surface area (Å²) in [6.07, 6.45) is -0.432. The first kappa shape index (κ1) is 20.2. The fourth-order valence-corrected chi connectivity index (χ4v) is 2.96. The molecule has 5 nitrogen and oxygen atoms in total. The van der Waals surface area contributed by atoms with Crippen molar-refractivity contribution in [3.8, 4) is 11.1 Å². The quantitative estimate of drug-likeness (QED) is 0.588. The van der Waals surface area contributed by atoms with E-state index in [4.69, 9.17) is 10.8 Å². The molecule has 3 aromatic carbocycles. The minimum absolute atomic E-state index is 0.153. The Morgan fingerprint density at radius 1 is 0.931 bits per heavy atom. The molecule has 0 fully saturated rings. The minimum Gasteiger partial charge on any atom is -0.481 e. The van der Waals surface area contributed by atoms with Crippen LogP contribution in [0, 0.1) is 11.6 Å². The molecule has 0 saturated heterocycles. The average molecular weight is 396 g/mol. The first-order chi connectivity index (χ1) is 13.9. The van der Waals surface area contributed by atoms with Gasteiger partial charge in [0.05, 0.1) is 6.42 Å². The summed E-state index contributed by atoms with van der Waals surface area (Å²) >= 11 is 0. The highest BCUT2D eigenvalue weighted by Gasteiger charge is 2.13. The van der Waals surface area contributed by atoms with Crippen LogP contribution in [-0.4, -0.2) is 17.0 Å². The Balaban J connectivity index is 1.89. The highest BCUT2D eigenvalue weighted by molar-refractivity contribution is 6.05. The van der Waals surface area contributed by atoms with Crippen LogP contribution in [0.4, 0.5) is 14.5 Å². The van der Waals surface area contributed by atoms with Crippen molar-refractivity contribution in [1.29, 1.82) is 0 Å². The van der Waals surface area contributed by atoms with Crippen LogP contribution < -0.4 is 11.1 Å². The largest absolute Gasteiger partial charge is 0.481 e. The first-order valence-electron chi connectivity index (χ1n) is 8.77. The van der Waals surface area contributed by atoms with E-state index in [1.807, 2.05) is 0 Å². The third-order valence-electron chi connectivity index (χ3n) is 4.31. The zero-order valence-electron chi connectivity index (χ0n) is 15.3. The standard InChI is InChI=1S/C22H18F2N2O3/c23-18-4-5-20(17(10-18)11-21(27)28)26-22(29)15-3-1-2-14(8-15)16-6-13(12-25)7-19(24)9-16/h1-10H,11-12,25H2,(H,26,29)(H,27,28). The first-order valence-corrected chi connectivity index (χ1v) is 8.77. The number of aliphatic carboxylic acids is 1. The molecule has 0 heterocycles. The molecule has 0 radical (unpaired) electrons. The van der Waals surface area contributed by atoms with E-state index in [0.717, 1.165) is 12.1 Å². The fourth-order valence-electron chi connectivity index (χ4n) is 2.96. The van der Waals surface area contributed by atoms with E-state index in [1.165, 1.54) is 18.2 Å². The molecule has 0 aliphatic heterocycles. The molecule has 0 unspecified atom stereocenters. The van der Waals surface area contributed by atoms with Gasteiger partial charge in [-0.1, -0.05) is 12.1 Å². The van der Waals surface area contributed by atoms with E-state index < -0.39 is 29.9 Å². The van der Waals surface area contributed by atoms with Crippen LogP contribution in [0.15, 0.2) is 60.7 Å².